The number of carboxylic acids is 1. The fraction of sp³-hybridized carbons (Fsp3) is 0.875. The maximum absolute atomic E-state index is 12.5. The molecule has 0 aromatic rings. The SMILES string of the molecule is CCC1(C(=O)NCC(C(=O)O)C2CCOCC2)CCCC1. The van der Waals surface area contributed by atoms with Crippen LogP contribution in [-0.2, 0) is 14.3 Å². The average molecular weight is 297 g/mol. The Balaban J connectivity index is 1.91. The number of ether oxygens (including phenoxy) is 1. The van der Waals surface area contributed by atoms with Gasteiger partial charge in [0.2, 0.25) is 5.91 Å². The molecule has 1 unspecified atom stereocenters. The summed E-state index contributed by atoms with van der Waals surface area (Å²) in [6.45, 7) is 3.56. The van der Waals surface area contributed by atoms with Crippen LogP contribution in [0.4, 0.5) is 0 Å². The van der Waals surface area contributed by atoms with E-state index in [2.05, 4.69) is 12.2 Å². The lowest BCUT2D eigenvalue weighted by molar-refractivity contribution is -0.145. The molecule has 1 heterocycles. The van der Waals surface area contributed by atoms with Crippen LogP contribution >= 0.6 is 0 Å². The lowest BCUT2D eigenvalue weighted by Gasteiger charge is -2.30. The first kappa shape index (κ1) is 16.3. The standard InChI is InChI=1S/C16H27NO4/c1-2-16(7-3-4-8-16)15(20)17-11-13(14(18)19)12-5-9-21-10-6-12/h12-13H,2-11H2,1H3,(H,17,20)(H,18,19). The van der Waals surface area contributed by atoms with E-state index in [0.717, 1.165) is 44.9 Å². The molecule has 0 radical (unpaired) electrons. The second kappa shape index (κ2) is 7.25. The fourth-order valence-electron chi connectivity index (χ4n) is 3.76. The highest BCUT2D eigenvalue weighted by molar-refractivity contribution is 5.83. The van der Waals surface area contributed by atoms with E-state index in [4.69, 9.17) is 4.74 Å². The minimum atomic E-state index is -0.806. The number of aliphatic carboxylic acids is 1. The van der Waals surface area contributed by atoms with Gasteiger partial charge in [-0.15, -0.1) is 0 Å². The van der Waals surface area contributed by atoms with Crippen molar-refractivity contribution in [1.29, 1.82) is 0 Å². The van der Waals surface area contributed by atoms with Crippen molar-refractivity contribution < 1.29 is 19.4 Å². The molecule has 2 N–H and O–H groups in total. The molecule has 5 nitrogen and oxygen atoms in total. The molecule has 1 aliphatic heterocycles. The molecule has 0 bridgehead atoms. The second-order valence-electron chi connectivity index (χ2n) is 6.45. The molecule has 5 heteroatoms. The summed E-state index contributed by atoms with van der Waals surface area (Å²) in [6.07, 6.45) is 6.45. The Morgan fingerprint density at radius 3 is 2.43 bits per heavy atom. The molecule has 0 aromatic carbocycles. The van der Waals surface area contributed by atoms with Crippen molar-refractivity contribution >= 4 is 11.9 Å². The van der Waals surface area contributed by atoms with Crippen LogP contribution in [0.5, 0.6) is 0 Å². The summed E-state index contributed by atoms with van der Waals surface area (Å²) in [5.41, 5.74) is -0.251. The predicted molar refractivity (Wildman–Crippen MR) is 78.9 cm³/mol. The van der Waals surface area contributed by atoms with Gasteiger partial charge >= 0.3 is 5.97 Å². The molecule has 120 valence electrons. The van der Waals surface area contributed by atoms with E-state index in [1.54, 1.807) is 0 Å². The van der Waals surface area contributed by atoms with Crippen LogP contribution in [0.1, 0.15) is 51.9 Å². The molecule has 2 fully saturated rings. The molecule has 1 atom stereocenters. The van der Waals surface area contributed by atoms with Gasteiger partial charge in [0.1, 0.15) is 0 Å². The minimum absolute atomic E-state index is 0.0563. The molecule has 1 aliphatic carbocycles. The highest BCUT2D eigenvalue weighted by Crippen LogP contribution is 2.41. The molecule has 2 aliphatic rings. The number of rotatable bonds is 6. The lowest BCUT2D eigenvalue weighted by atomic mass is 9.81. The number of hydrogen-bond donors (Lipinski definition) is 2. The Kier molecular flexibility index (Phi) is 5.62. The van der Waals surface area contributed by atoms with E-state index in [9.17, 15) is 14.7 Å². The maximum atomic E-state index is 12.5. The van der Waals surface area contributed by atoms with Gasteiger partial charge in [-0.2, -0.15) is 0 Å². The first-order valence-corrected chi connectivity index (χ1v) is 8.18. The van der Waals surface area contributed by atoms with E-state index in [-0.39, 0.29) is 23.8 Å². The molecule has 0 spiro atoms. The van der Waals surface area contributed by atoms with Gasteiger partial charge in [0.05, 0.1) is 5.92 Å². The van der Waals surface area contributed by atoms with Crippen molar-refractivity contribution in [2.75, 3.05) is 19.8 Å². The Morgan fingerprint density at radius 2 is 1.90 bits per heavy atom. The third-order valence-electron chi connectivity index (χ3n) is 5.35. The second-order valence-corrected chi connectivity index (χ2v) is 6.45. The van der Waals surface area contributed by atoms with Crippen LogP contribution in [0.15, 0.2) is 0 Å². The Labute approximate surface area is 126 Å². The van der Waals surface area contributed by atoms with Crippen LogP contribution in [0.2, 0.25) is 0 Å². The van der Waals surface area contributed by atoms with Crippen molar-refractivity contribution in [2.45, 2.75) is 51.9 Å². The first-order valence-electron chi connectivity index (χ1n) is 8.18. The monoisotopic (exact) mass is 297 g/mol. The number of carbonyl (C=O) groups is 2. The van der Waals surface area contributed by atoms with Crippen molar-refractivity contribution in [2.24, 2.45) is 17.3 Å². The molecular weight excluding hydrogens is 270 g/mol. The topological polar surface area (TPSA) is 75.6 Å². The van der Waals surface area contributed by atoms with Gasteiger partial charge in [-0.25, -0.2) is 0 Å². The Bertz CT molecular complexity index is 370. The van der Waals surface area contributed by atoms with Gasteiger partial charge in [-0.3, -0.25) is 9.59 Å². The Morgan fingerprint density at radius 1 is 1.29 bits per heavy atom. The summed E-state index contributed by atoms with van der Waals surface area (Å²) < 4.78 is 5.29. The zero-order valence-corrected chi connectivity index (χ0v) is 12.9. The highest BCUT2D eigenvalue weighted by atomic mass is 16.5. The van der Waals surface area contributed by atoms with Crippen molar-refractivity contribution in [3.05, 3.63) is 0 Å². The number of hydrogen-bond acceptors (Lipinski definition) is 3. The van der Waals surface area contributed by atoms with Gasteiger partial charge in [-0.1, -0.05) is 19.8 Å². The summed E-state index contributed by atoms with van der Waals surface area (Å²) in [6, 6.07) is 0. The summed E-state index contributed by atoms with van der Waals surface area (Å²) in [5, 5.41) is 12.4. The van der Waals surface area contributed by atoms with Gasteiger partial charge in [0.15, 0.2) is 0 Å². The van der Waals surface area contributed by atoms with E-state index in [0.29, 0.717) is 13.2 Å². The summed E-state index contributed by atoms with van der Waals surface area (Å²) >= 11 is 0. The number of carboxylic acid groups (broad SMARTS) is 1. The van der Waals surface area contributed by atoms with Crippen molar-refractivity contribution in [3.8, 4) is 0 Å². The van der Waals surface area contributed by atoms with Gasteiger partial charge in [0, 0.05) is 25.2 Å². The predicted octanol–water partition coefficient (Wildman–Crippen LogP) is 2.20. The smallest absolute Gasteiger partial charge is 0.308 e. The molecule has 21 heavy (non-hydrogen) atoms. The third kappa shape index (κ3) is 3.76. The largest absolute Gasteiger partial charge is 0.481 e. The van der Waals surface area contributed by atoms with E-state index in [1.807, 2.05) is 0 Å². The minimum Gasteiger partial charge on any atom is -0.481 e. The lowest BCUT2D eigenvalue weighted by Crippen LogP contribution is -2.44. The average Bonchev–Trinajstić information content (AvgIpc) is 2.98. The summed E-state index contributed by atoms with van der Waals surface area (Å²) in [7, 11) is 0. The quantitative estimate of drug-likeness (QED) is 0.788. The molecule has 1 saturated carbocycles. The van der Waals surface area contributed by atoms with Crippen LogP contribution in [-0.4, -0.2) is 36.7 Å². The van der Waals surface area contributed by atoms with Crippen LogP contribution in [0, 0.1) is 17.3 Å². The summed E-state index contributed by atoms with van der Waals surface area (Å²) in [4.78, 5) is 24.0. The number of carbonyl (C=O) groups excluding carboxylic acids is 1. The zero-order valence-electron chi connectivity index (χ0n) is 12.9. The van der Waals surface area contributed by atoms with E-state index >= 15 is 0 Å². The van der Waals surface area contributed by atoms with Gasteiger partial charge in [0.25, 0.3) is 0 Å². The first-order chi connectivity index (χ1) is 10.1. The number of amides is 1. The molecule has 0 aromatic heterocycles. The van der Waals surface area contributed by atoms with Gasteiger partial charge in [-0.05, 0) is 38.0 Å². The molecular formula is C16H27NO4. The van der Waals surface area contributed by atoms with E-state index < -0.39 is 11.9 Å². The normalized spacial score (nSPS) is 23.7. The van der Waals surface area contributed by atoms with Crippen LogP contribution in [0.3, 0.4) is 0 Å². The highest BCUT2D eigenvalue weighted by Gasteiger charge is 2.40. The number of nitrogens with one attached hydrogen (secondary N) is 1. The van der Waals surface area contributed by atoms with Crippen LogP contribution in [0.25, 0.3) is 0 Å². The van der Waals surface area contributed by atoms with Crippen molar-refractivity contribution in [3.63, 3.8) is 0 Å². The molecule has 1 saturated heterocycles. The zero-order chi connectivity index (χ0) is 15.3. The fourth-order valence-corrected chi connectivity index (χ4v) is 3.76. The van der Waals surface area contributed by atoms with E-state index in [1.165, 1.54) is 0 Å². The van der Waals surface area contributed by atoms with Gasteiger partial charge < -0.3 is 15.2 Å². The molecule has 2 rings (SSSR count). The van der Waals surface area contributed by atoms with Crippen molar-refractivity contribution in [1.82, 2.24) is 5.32 Å². The van der Waals surface area contributed by atoms with Crippen LogP contribution < -0.4 is 5.32 Å². The maximum Gasteiger partial charge on any atom is 0.308 e. The Hall–Kier alpha value is -1.10. The summed E-state index contributed by atoms with van der Waals surface area (Å²) in [5.74, 6) is -1.13. The molecule has 1 amide bonds. The third-order valence-corrected chi connectivity index (χ3v) is 5.35.